The van der Waals surface area contributed by atoms with Crippen LogP contribution in [0.25, 0.3) is 0 Å². The Morgan fingerprint density at radius 2 is 0.641 bits per heavy atom. The number of carbonyl (C=O) groups is 3. The third kappa shape index (κ3) is 48.6. The minimum Gasteiger partial charge on any atom is -0.462 e. The quantitative estimate of drug-likeness (QED) is 0.0263. The van der Waals surface area contributed by atoms with E-state index in [2.05, 4.69) is 142 Å². The number of carbonyl (C=O) groups excluding carboxylic acids is 3. The van der Waals surface area contributed by atoms with Crippen molar-refractivity contribution in [1.82, 2.24) is 0 Å². The summed E-state index contributed by atoms with van der Waals surface area (Å²) in [7, 11) is 0. The highest BCUT2D eigenvalue weighted by Gasteiger charge is 2.19. The lowest BCUT2D eigenvalue weighted by atomic mass is 10.1. The topological polar surface area (TPSA) is 78.9 Å². The van der Waals surface area contributed by atoms with Gasteiger partial charge in [-0.1, -0.05) is 206 Å². The molecule has 0 saturated heterocycles. The van der Waals surface area contributed by atoms with E-state index in [1.165, 1.54) is 19.3 Å². The number of hydrogen-bond donors (Lipinski definition) is 0. The second-order valence-corrected chi connectivity index (χ2v) is 16.0. The van der Waals surface area contributed by atoms with Gasteiger partial charge in [0.15, 0.2) is 6.10 Å². The lowest BCUT2D eigenvalue weighted by Gasteiger charge is -2.18. The van der Waals surface area contributed by atoms with Gasteiger partial charge in [-0.3, -0.25) is 14.4 Å². The van der Waals surface area contributed by atoms with E-state index in [-0.39, 0.29) is 31.6 Å². The molecule has 0 spiro atoms. The molecule has 0 aliphatic rings. The number of allylic oxidation sites excluding steroid dienone is 22. The van der Waals surface area contributed by atoms with Gasteiger partial charge >= 0.3 is 17.9 Å². The summed E-state index contributed by atoms with van der Waals surface area (Å²) in [5.41, 5.74) is 0. The zero-order valence-electron chi connectivity index (χ0n) is 40.7. The van der Waals surface area contributed by atoms with Crippen molar-refractivity contribution in [2.75, 3.05) is 13.2 Å². The van der Waals surface area contributed by atoms with E-state index in [1.807, 2.05) is 12.2 Å². The zero-order chi connectivity index (χ0) is 46.5. The third-order valence-corrected chi connectivity index (χ3v) is 9.91. The Bertz CT molecular complexity index is 1430. The highest BCUT2D eigenvalue weighted by molar-refractivity contribution is 5.71. The Kier molecular flexibility index (Phi) is 47.6. The van der Waals surface area contributed by atoms with Gasteiger partial charge < -0.3 is 14.2 Å². The van der Waals surface area contributed by atoms with Crippen LogP contribution in [0.4, 0.5) is 0 Å². The van der Waals surface area contributed by atoms with Crippen LogP contribution in [-0.4, -0.2) is 37.2 Å². The van der Waals surface area contributed by atoms with Gasteiger partial charge in [0.1, 0.15) is 13.2 Å². The predicted molar refractivity (Wildman–Crippen MR) is 274 cm³/mol. The molecule has 358 valence electrons. The fourth-order valence-corrected chi connectivity index (χ4v) is 6.20. The standard InChI is InChI=1S/C58H90O6/c1-4-7-10-13-16-18-20-22-24-26-28-29-31-32-34-36-38-40-42-45-48-51-57(60)63-54-55(53-62-56(59)50-47-44-15-12-9-6-3)64-58(61)52-49-46-43-41-39-37-35-33-30-27-25-23-21-19-17-14-11-8-5-2/h7-8,10-11,16-19,22-25,28-30,32-34,37,39,43,46,55H,4-6,9,12-15,20-21,26-27,31,35-36,38,40-42,44-45,47-54H2,1-3H3/b10-7-,11-8-,18-16-,19-17-,24-22-,25-23-,29-28-,33-30-,34-32-,39-37-,46-43-. The van der Waals surface area contributed by atoms with Gasteiger partial charge in [0, 0.05) is 19.3 Å². The van der Waals surface area contributed by atoms with Crippen LogP contribution in [-0.2, 0) is 28.6 Å². The van der Waals surface area contributed by atoms with Gasteiger partial charge in [0.05, 0.1) is 0 Å². The molecule has 0 aromatic heterocycles. The van der Waals surface area contributed by atoms with Crippen LogP contribution in [0.5, 0.6) is 0 Å². The summed E-state index contributed by atoms with van der Waals surface area (Å²) in [6.07, 6.45) is 71.8. The van der Waals surface area contributed by atoms with Gasteiger partial charge in [-0.05, 0) is 103 Å². The van der Waals surface area contributed by atoms with Gasteiger partial charge in [0.2, 0.25) is 0 Å². The first-order valence-corrected chi connectivity index (χ1v) is 25.2. The van der Waals surface area contributed by atoms with E-state index in [4.69, 9.17) is 14.2 Å². The normalized spacial score (nSPS) is 13.2. The molecule has 0 radical (unpaired) electrons. The second kappa shape index (κ2) is 51.2. The van der Waals surface area contributed by atoms with Crippen molar-refractivity contribution in [3.63, 3.8) is 0 Å². The number of ether oxygens (including phenoxy) is 3. The van der Waals surface area contributed by atoms with Crippen molar-refractivity contribution in [2.24, 2.45) is 0 Å². The summed E-state index contributed by atoms with van der Waals surface area (Å²) in [6, 6.07) is 0. The molecular formula is C58H90O6. The lowest BCUT2D eigenvalue weighted by molar-refractivity contribution is -0.166. The highest BCUT2D eigenvalue weighted by Crippen LogP contribution is 2.11. The Labute approximate surface area is 392 Å². The molecular weight excluding hydrogens is 793 g/mol. The molecule has 6 nitrogen and oxygen atoms in total. The minimum atomic E-state index is -0.828. The van der Waals surface area contributed by atoms with Crippen molar-refractivity contribution >= 4 is 17.9 Å². The van der Waals surface area contributed by atoms with E-state index in [0.717, 1.165) is 128 Å². The molecule has 64 heavy (non-hydrogen) atoms. The molecule has 1 atom stereocenters. The zero-order valence-corrected chi connectivity index (χ0v) is 40.7. The molecule has 0 amide bonds. The molecule has 6 heteroatoms. The van der Waals surface area contributed by atoms with Crippen LogP contribution in [0.3, 0.4) is 0 Å². The Hall–Kier alpha value is -4.45. The first kappa shape index (κ1) is 59.5. The average Bonchev–Trinajstić information content (AvgIpc) is 3.29. The van der Waals surface area contributed by atoms with Crippen molar-refractivity contribution < 1.29 is 28.6 Å². The maximum absolute atomic E-state index is 12.7. The van der Waals surface area contributed by atoms with Gasteiger partial charge in [-0.25, -0.2) is 0 Å². The summed E-state index contributed by atoms with van der Waals surface area (Å²) in [6.45, 7) is 6.24. The summed E-state index contributed by atoms with van der Waals surface area (Å²) in [5, 5.41) is 0. The van der Waals surface area contributed by atoms with E-state index < -0.39 is 12.1 Å². The highest BCUT2D eigenvalue weighted by atomic mass is 16.6. The molecule has 0 bridgehead atoms. The molecule has 0 heterocycles. The SMILES string of the molecule is CC/C=C\C/C=C\C/C=C\C/C=C\C/C=C\C/C=C\CCC(=O)OC(COC(=O)CCCCCCCC)COC(=O)CCCCCCC/C=C\C/C=C\C/C=C\C/C=C\C/C=C\CC. The fourth-order valence-electron chi connectivity index (χ4n) is 6.20. The smallest absolute Gasteiger partial charge is 0.306 e. The first-order chi connectivity index (χ1) is 31.5. The first-order valence-electron chi connectivity index (χ1n) is 25.2. The molecule has 0 rings (SSSR count). The van der Waals surface area contributed by atoms with E-state index in [9.17, 15) is 14.4 Å². The monoisotopic (exact) mass is 883 g/mol. The average molecular weight is 883 g/mol. The number of rotatable bonds is 43. The van der Waals surface area contributed by atoms with E-state index in [1.54, 1.807) is 0 Å². The largest absolute Gasteiger partial charge is 0.462 e. The van der Waals surface area contributed by atoms with Gasteiger partial charge in [-0.2, -0.15) is 0 Å². The predicted octanol–water partition coefficient (Wildman–Crippen LogP) is 16.7. The third-order valence-electron chi connectivity index (χ3n) is 9.91. The van der Waals surface area contributed by atoms with Crippen molar-refractivity contribution in [1.29, 1.82) is 0 Å². The summed E-state index contributed by atoms with van der Waals surface area (Å²) in [5.74, 6) is -1.05. The molecule has 0 aliphatic carbocycles. The van der Waals surface area contributed by atoms with Gasteiger partial charge in [-0.15, -0.1) is 0 Å². The number of hydrogen-bond acceptors (Lipinski definition) is 6. The van der Waals surface area contributed by atoms with Crippen molar-refractivity contribution in [3.8, 4) is 0 Å². The van der Waals surface area contributed by atoms with Crippen LogP contribution >= 0.6 is 0 Å². The van der Waals surface area contributed by atoms with Crippen LogP contribution in [0.2, 0.25) is 0 Å². The summed E-state index contributed by atoms with van der Waals surface area (Å²) < 4.78 is 16.6. The van der Waals surface area contributed by atoms with Crippen LogP contribution in [0, 0.1) is 0 Å². The van der Waals surface area contributed by atoms with Crippen molar-refractivity contribution in [3.05, 3.63) is 134 Å². The summed E-state index contributed by atoms with van der Waals surface area (Å²) in [4.78, 5) is 37.7. The maximum Gasteiger partial charge on any atom is 0.306 e. The lowest BCUT2D eigenvalue weighted by Crippen LogP contribution is -2.30. The number of esters is 3. The molecule has 0 N–H and O–H groups in total. The maximum atomic E-state index is 12.7. The van der Waals surface area contributed by atoms with Crippen LogP contribution in [0.15, 0.2) is 134 Å². The minimum absolute atomic E-state index is 0.120. The van der Waals surface area contributed by atoms with E-state index in [0.29, 0.717) is 19.3 Å². The van der Waals surface area contributed by atoms with Crippen molar-refractivity contribution in [2.45, 2.75) is 200 Å². The molecule has 0 fully saturated rings. The second-order valence-electron chi connectivity index (χ2n) is 16.0. The molecule has 0 saturated carbocycles. The molecule has 1 unspecified atom stereocenters. The molecule has 0 aliphatic heterocycles. The summed E-state index contributed by atoms with van der Waals surface area (Å²) >= 11 is 0. The van der Waals surface area contributed by atoms with Gasteiger partial charge in [0.25, 0.3) is 0 Å². The van der Waals surface area contributed by atoms with Crippen LogP contribution < -0.4 is 0 Å². The Morgan fingerprint density at radius 3 is 1.02 bits per heavy atom. The fraction of sp³-hybridized carbons (Fsp3) is 0.569. The van der Waals surface area contributed by atoms with E-state index >= 15 is 0 Å². The molecule has 0 aromatic rings. The number of unbranched alkanes of at least 4 members (excludes halogenated alkanes) is 10. The molecule has 0 aromatic carbocycles. The van der Waals surface area contributed by atoms with Crippen LogP contribution in [0.1, 0.15) is 194 Å². The Balaban J connectivity index is 4.41. The Morgan fingerprint density at radius 1 is 0.328 bits per heavy atom.